The SMILES string of the molecule is Cn1ncc2c1CCC[C@H]2NC(=O)c1cccnc1. The number of amides is 1. The molecule has 3 rings (SSSR count). The Bertz CT molecular complexity index is 591. The van der Waals surface area contributed by atoms with Gasteiger partial charge in [-0.3, -0.25) is 14.5 Å². The van der Waals surface area contributed by atoms with E-state index in [1.807, 2.05) is 17.9 Å². The molecule has 0 unspecified atom stereocenters. The lowest BCUT2D eigenvalue weighted by molar-refractivity contribution is 0.0932. The minimum Gasteiger partial charge on any atom is -0.345 e. The Hall–Kier alpha value is -2.17. The molecule has 98 valence electrons. The van der Waals surface area contributed by atoms with Crippen molar-refractivity contribution in [3.8, 4) is 0 Å². The Kier molecular flexibility index (Phi) is 3.03. The van der Waals surface area contributed by atoms with Crippen LogP contribution in [0.1, 0.15) is 40.5 Å². The van der Waals surface area contributed by atoms with E-state index >= 15 is 0 Å². The standard InChI is InChI=1S/C14H16N4O/c1-18-13-6-2-5-12(11(13)9-16-18)17-14(19)10-4-3-7-15-8-10/h3-4,7-9,12H,2,5-6H2,1H3,(H,17,19)/t12-/m1/s1. The molecule has 1 N–H and O–H groups in total. The van der Waals surface area contributed by atoms with Gasteiger partial charge in [0.05, 0.1) is 17.8 Å². The molecule has 1 aliphatic carbocycles. The van der Waals surface area contributed by atoms with Crippen molar-refractivity contribution in [2.75, 3.05) is 0 Å². The van der Waals surface area contributed by atoms with Crippen molar-refractivity contribution in [1.29, 1.82) is 0 Å². The van der Waals surface area contributed by atoms with E-state index in [0.29, 0.717) is 5.56 Å². The first-order chi connectivity index (χ1) is 9.25. The molecule has 1 amide bonds. The van der Waals surface area contributed by atoms with Crippen LogP contribution in [0.4, 0.5) is 0 Å². The van der Waals surface area contributed by atoms with Crippen LogP contribution in [0, 0.1) is 0 Å². The molecular weight excluding hydrogens is 240 g/mol. The summed E-state index contributed by atoms with van der Waals surface area (Å²) in [6.45, 7) is 0. The lowest BCUT2D eigenvalue weighted by atomic mass is 9.93. The highest BCUT2D eigenvalue weighted by molar-refractivity contribution is 5.94. The molecule has 0 saturated heterocycles. The van der Waals surface area contributed by atoms with E-state index in [0.717, 1.165) is 24.8 Å². The van der Waals surface area contributed by atoms with E-state index < -0.39 is 0 Å². The minimum absolute atomic E-state index is 0.0603. The molecule has 1 atom stereocenters. The number of aryl methyl sites for hydroxylation is 1. The molecule has 5 nitrogen and oxygen atoms in total. The molecular formula is C14H16N4O. The zero-order chi connectivity index (χ0) is 13.2. The zero-order valence-electron chi connectivity index (χ0n) is 10.8. The van der Waals surface area contributed by atoms with Gasteiger partial charge in [0, 0.05) is 30.7 Å². The van der Waals surface area contributed by atoms with Crippen LogP contribution in [0.25, 0.3) is 0 Å². The highest BCUT2D eigenvalue weighted by Gasteiger charge is 2.24. The molecule has 2 heterocycles. The maximum Gasteiger partial charge on any atom is 0.253 e. The van der Waals surface area contributed by atoms with Crippen LogP contribution in [0.5, 0.6) is 0 Å². The molecule has 0 spiro atoms. The quantitative estimate of drug-likeness (QED) is 0.888. The van der Waals surface area contributed by atoms with Gasteiger partial charge in [-0.1, -0.05) is 0 Å². The lowest BCUT2D eigenvalue weighted by Crippen LogP contribution is -2.31. The molecule has 19 heavy (non-hydrogen) atoms. The maximum atomic E-state index is 12.2. The molecule has 2 aromatic heterocycles. The van der Waals surface area contributed by atoms with Gasteiger partial charge < -0.3 is 5.32 Å². The largest absolute Gasteiger partial charge is 0.345 e. The van der Waals surface area contributed by atoms with Crippen LogP contribution in [0.15, 0.2) is 30.7 Å². The van der Waals surface area contributed by atoms with Gasteiger partial charge in [-0.25, -0.2) is 0 Å². The molecule has 0 radical (unpaired) electrons. The Labute approximate surface area is 111 Å². The smallest absolute Gasteiger partial charge is 0.253 e. The second-order valence-corrected chi connectivity index (χ2v) is 4.83. The summed E-state index contributed by atoms with van der Waals surface area (Å²) in [5.41, 5.74) is 2.97. The Morgan fingerprint density at radius 2 is 2.37 bits per heavy atom. The molecule has 0 fully saturated rings. The van der Waals surface area contributed by atoms with Crippen LogP contribution >= 0.6 is 0 Å². The first kappa shape index (κ1) is 11.9. The van der Waals surface area contributed by atoms with Crippen LogP contribution < -0.4 is 5.32 Å². The van der Waals surface area contributed by atoms with Gasteiger partial charge in [0.15, 0.2) is 0 Å². The van der Waals surface area contributed by atoms with Gasteiger partial charge >= 0.3 is 0 Å². The molecule has 0 aromatic carbocycles. The van der Waals surface area contributed by atoms with Crippen LogP contribution in [0.3, 0.4) is 0 Å². The summed E-state index contributed by atoms with van der Waals surface area (Å²) in [5.74, 6) is -0.0743. The lowest BCUT2D eigenvalue weighted by Gasteiger charge is -2.23. The zero-order valence-corrected chi connectivity index (χ0v) is 10.8. The van der Waals surface area contributed by atoms with Crippen molar-refractivity contribution in [3.05, 3.63) is 47.5 Å². The van der Waals surface area contributed by atoms with Crippen molar-refractivity contribution >= 4 is 5.91 Å². The van der Waals surface area contributed by atoms with Crippen LogP contribution in [-0.4, -0.2) is 20.7 Å². The number of pyridine rings is 1. The summed E-state index contributed by atoms with van der Waals surface area (Å²) in [6.07, 6.45) is 8.18. The third-order valence-electron chi connectivity index (χ3n) is 3.60. The number of fused-ring (bicyclic) bond motifs is 1. The molecule has 0 saturated carbocycles. The van der Waals surface area contributed by atoms with E-state index in [9.17, 15) is 4.79 Å². The summed E-state index contributed by atoms with van der Waals surface area (Å²) in [6, 6.07) is 3.60. The van der Waals surface area contributed by atoms with E-state index in [1.165, 1.54) is 5.69 Å². The number of nitrogens with one attached hydrogen (secondary N) is 1. The average Bonchev–Trinajstić information content (AvgIpc) is 2.83. The number of hydrogen-bond donors (Lipinski definition) is 1. The van der Waals surface area contributed by atoms with Gasteiger partial charge in [-0.15, -0.1) is 0 Å². The fourth-order valence-corrected chi connectivity index (χ4v) is 2.59. The van der Waals surface area contributed by atoms with Crippen molar-refractivity contribution < 1.29 is 4.79 Å². The monoisotopic (exact) mass is 256 g/mol. The second kappa shape index (κ2) is 4.84. The summed E-state index contributed by atoms with van der Waals surface area (Å²) in [4.78, 5) is 16.1. The molecule has 1 aliphatic rings. The van der Waals surface area contributed by atoms with Gasteiger partial charge in [0.25, 0.3) is 5.91 Å². The van der Waals surface area contributed by atoms with Crippen LogP contribution in [-0.2, 0) is 13.5 Å². The summed E-state index contributed by atoms with van der Waals surface area (Å²) < 4.78 is 1.90. The maximum absolute atomic E-state index is 12.2. The molecule has 2 aromatic rings. The van der Waals surface area contributed by atoms with Crippen molar-refractivity contribution in [1.82, 2.24) is 20.1 Å². The van der Waals surface area contributed by atoms with Gasteiger partial charge in [0.1, 0.15) is 0 Å². The highest BCUT2D eigenvalue weighted by Crippen LogP contribution is 2.29. The van der Waals surface area contributed by atoms with Gasteiger partial charge in [-0.05, 0) is 31.4 Å². The van der Waals surface area contributed by atoms with Crippen molar-refractivity contribution in [2.24, 2.45) is 7.05 Å². The van der Waals surface area contributed by atoms with Crippen molar-refractivity contribution in [3.63, 3.8) is 0 Å². The third kappa shape index (κ3) is 2.23. The van der Waals surface area contributed by atoms with E-state index in [-0.39, 0.29) is 11.9 Å². The number of rotatable bonds is 2. The topological polar surface area (TPSA) is 59.8 Å². The highest BCUT2D eigenvalue weighted by atomic mass is 16.1. The average molecular weight is 256 g/mol. The fraction of sp³-hybridized carbons (Fsp3) is 0.357. The van der Waals surface area contributed by atoms with E-state index in [2.05, 4.69) is 15.4 Å². The summed E-state index contributed by atoms with van der Waals surface area (Å²) in [7, 11) is 1.95. The van der Waals surface area contributed by atoms with Crippen molar-refractivity contribution in [2.45, 2.75) is 25.3 Å². The molecule has 0 bridgehead atoms. The number of carbonyl (C=O) groups is 1. The first-order valence-electron chi connectivity index (χ1n) is 6.47. The Balaban J connectivity index is 1.80. The number of nitrogens with zero attached hydrogens (tertiary/aromatic N) is 3. The predicted molar refractivity (Wildman–Crippen MR) is 70.6 cm³/mol. The Morgan fingerprint density at radius 3 is 3.16 bits per heavy atom. The number of hydrogen-bond acceptors (Lipinski definition) is 3. The molecule has 0 aliphatic heterocycles. The van der Waals surface area contributed by atoms with Gasteiger partial charge in [0.2, 0.25) is 0 Å². The van der Waals surface area contributed by atoms with Crippen LogP contribution in [0.2, 0.25) is 0 Å². The van der Waals surface area contributed by atoms with E-state index in [1.54, 1.807) is 24.5 Å². The summed E-state index contributed by atoms with van der Waals surface area (Å²) in [5, 5.41) is 7.35. The van der Waals surface area contributed by atoms with E-state index in [4.69, 9.17) is 0 Å². The molecule has 5 heteroatoms. The number of carbonyl (C=O) groups excluding carboxylic acids is 1. The first-order valence-corrected chi connectivity index (χ1v) is 6.47. The number of aromatic nitrogens is 3. The predicted octanol–water partition coefficient (Wildman–Crippen LogP) is 1.62. The normalized spacial score (nSPS) is 17.8. The fourth-order valence-electron chi connectivity index (χ4n) is 2.59. The summed E-state index contributed by atoms with van der Waals surface area (Å²) >= 11 is 0. The minimum atomic E-state index is -0.0743. The van der Waals surface area contributed by atoms with Gasteiger partial charge in [-0.2, -0.15) is 5.10 Å². The third-order valence-corrected chi connectivity index (χ3v) is 3.60. The Morgan fingerprint density at radius 1 is 1.47 bits per heavy atom. The second-order valence-electron chi connectivity index (χ2n) is 4.83.